The van der Waals surface area contributed by atoms with Crippen molar-refractivity contribution in [1.82, 2.24) is 9.88 Å². The summed E-state index contributed by atoms with van der Waals surface area (Å²) in [6.07, 6.45) is 0.857. The molecule has 40 heavy (non-hydrogen) atoms. The predicted octanol–water partition coefficient (Wildman–Crippen LogP) is 7.23. The molecule has 0 bridgehead atoms. The molecule has 4 aromatic carbocycles. The third kappa shape index (κ3) is 4.68. The Morgan fingerprint density at radius 2 is 1.43 bits per heavy atom. The molecule has 0 aliphatic carbocycles. The highest BCUT2D eigenvalue weighted by atomic mass is 16.2. The second-order valence-electron chi connectivity index (χ2n) is 11.4. The Bertz CT molecular complexity index is 1710. The number of hydrogen-bond donors (Lipinski definition) is 1. The summed E-state index contributed by atoms with van der Waals surface area (Å²) in [5.41, 5.74) is 5.16. The highest BCUT2D eigenvalue weighted by Gasteiger charge is 2.36. The summed E-state index contributed by atoms with van der Waals surface area (Å²) in [7, 11) is 0. The molecule has 1 aliphatic heterocycles. The lowest BCUT2D eigenvalue weighted by Crippen LogP contribution is -2.50. The first-order valence-corrected chi connectivity index (χ1v) is 13.8. The molecule has 5 aromatic rings. The number of nitrogens with one attached hydrogen (secondary N) is 1. The van der Waals surface area contributed by atoms with Crippen LogP contribution in [0.25, 0.3) is 27.7 Å². The maximum Gasteiger partial charge on any atom is 0.248 e. The molecule has 0 spiro atoms. The average molecular weight is 528 g/mol. The summed E-state index contributed by atoms with van der Waals surface area (Å²) in [6.45, 7) is 5.87. The molecular formula is C35H33N3O2. The summed E-state index contributed by atoms with van der Waals surface area (Å²) < 4.78 is 2.26. The zero-order valence-electron chi connectivity index (χ0n) is 23.1. The van der Waals surface area contributed by atoms with Gasteiger partial charge in [0.25, 0.3) is 0 Å². The van der Waals surface area contributed by atoms with E-state index in [0.717, 1.165) is 28.2 Å². The van der Waals surface area contributed by atoms with Crippen molar-refractivity contribution >= 4 is 28.3 Å². The highest BCUT2D eigenvalue weighted by Crippen LogP contribution is 2.40. The Morgan fingerprint density at radius 3 is 2.20 bits per heavy atom. The van der Waals surface area contributed by atoms with E-state index in [-0.39, 0.29) is 11.8 Å². The summed E-state index contributed by atoms with van der Waals surface area (Å²) in [6, 6.07) is 35.7. The summed E-state index contributed by atoms with van der Waals surface area (Å²) in [5.74, 6) is -0.283. The molecule has 0 fully saturated rings. The lowest BCUT2D eigenvalue weighted by molar-refractivity contribution is -0.127. The van der Waals surface area contributed by atoms with E-state index in [9.17, 15) is 9.59 Å². The van der Waals surface area contributed by atoms with E-state index in [1.807, 2.05) is 75.4 Å². The molecular weight excluding hydrogens is 494 g/mol. The maximum absolute atomic E-state index is 14.0. The molecule has 2 amide bonds. The lowest BCUT2D eigenvalue weighted by atomic mass is 9.99. The predicted molar refractivity (Wildman–Crippen MR) is 162 cm³/mol. The van der Waals surface area contributed by atoms with Crippen molar-refractivity contribution < 1.29 is 9.59 Å². The van der Waals surface area contributed by atoms with Crippen molar-refractivity contribution in [3.63, 3.8) is 0 Å². The van der Waals surface area contributed by atoms with Crippen LogP contribution in [0.2, 0.25) is 0 Å². The minimum Gasteiger partial charge on any atom is -0.349 e. The molecule has 6 rings (SSSR count). The van der Waals surface area contributed by atoms with Crippen LogP contribution < -0.4 is 10.2 Å². The van der Waals surface area contributed by atoms with Gasteiger partial charge in [-0.1, -0.05) is 84.9 Å². The number of carbonyl (C=O) groups excluding carboxylic acids is 2. The number of hydrogen-bond acceptors (Lipinski definition) is 2. The first-order chi connectivity index (χ1) is 19.3. The number of para-hydroxylation sites is 2. The number of benzene rings is 4. The first-order valence-electron chi connectivity index (χ1n) is 13.8. The molecule has 1 aromatic heterocycles. The van der Waals surface area contributed by atoms with Gasteiger partial charge in [-0.25, -0.2) is 0 Å². The van der Waals surface area contributed by atoms with Gasteiger partial charge in [0.1, 0.15) is 6.04 Å². The van der Waals surface area contributed by atoms with Crippen LogP contribution in [-0.4, -0.2) is 21.9 Å². The zero-order chi connectivity index (χ0) is 27.9. The Hall–Kier alpha value is -4.64. The van der Waals surface area contributed by atoms with E-state index in [2.05, 4.69) is 64.5 Å². The van der Waals surface area contributed by atoms with Crippen LogP contribution in [0.1, 0.15) is 44.5 Å². The SMILES string of the molecule is CC(C)(C)NC(=O)C(c1ccccc1)N1C(=O)CCc2ccc(-c3cccc4ccccc34)n2-c2ccccc21. The molecule has 2 heterocycles. The van der Waals surface area contributed by atoms with Gasteiger partial charge in [0.05, 0.1) is 17.1 Å². The second kappa shape index (κ2) is 10.2. The van der Waals surface area contributed by atoms with E-state index in [4.69, 9.17) is 0 Å². The van der Waals surface area contributed by atoms with E-state index in [1.54, 1.807) is 4.90 Å². The van der Waals surface area contributed by atoms with Crippen LogP contribution in [0.15, 0.2) is 109 Å². The Labute approximate surface area is 235 Å². The fourth-order valence-electron chi connectivity index (χ4n) is 5.74. The number of aryl methyl sites for hydroxylation is 1. The molecule has 5 heteroatoms. The average Bonchev–Trinajstić information content (AvgIpc) is 3.36. The van der Waals surface area contributed by atoms with Crippen molar-refractivity contribution in [2.45, 2.75) is 45.2 Å². The highest BCUT2D eigenvalue weighted by molar-refractivity contribution is 6.04. The quantitative estimate of drug-likeness (QED) is 0.268. The van der Waals surface area contributed by atoms with Gasteiger partial charge in [-0.05, 0) is 67.8 Å². The second-order valence-corrected chi connectivity index (χ2v) is 11.4. The van der Waals surface area contributed by atoms with E-state index >= 15 is 0 Å². The van der Waals surface area contributed by atoms with Crippen molar-refractivity contribution in [3.05, 3.63) is 120 Å². The van der Waals surface area contributed by atoms with Crippen LogP contribution in [0.3, 0.4) is 0 Å². The van der Waals surface area contributed by atoms with Crippen LogP contribution in [0, 0.1) is 0 Å². The first kappa shape index (κ1) is 25.6. The minimum absolute atomic E-state index is 0.0791. The van der Waals surface area contributed by atoms with Crippen molar-refractivity contribution in [2.75, 3.05) is 4.90 Å². The standard InChI is InChI=1S/C35H33N3O2/c1-35(2,3)36-34(40)33(25-13-5-4-6-14-25)38-31-19-10-9-18-30(31)37-26(21-23-32(38)39)20-22-29(37)28-17-11-15-24-12-7-8-16-27(24)28/h4-20,22,33H,21,23H2,1-3H3,(H,36,40). The molecule has 1 N–H and O–H groups in total. The summed E-state index contributed by atoms with van der Waals surface area (Å²) >= 11 is 0. The van der Waals surface area contributed by atoms with Gasteiger partial charge >= 0.3 is 0 Å². The summed E-state index contributed by atoms with van der Waals surface area (Å²) in [5, 5.41) is 5.48. The molecule has 1 unspecified atom stereocenters. The molecule has 0 radical (unpaired) electrons. The summed E-state index contributed by atoms with van der Waals surface area (Å²) in [4.78, 5) is 29.7. The third-order valence-electron chi connectivity index (χ3n) is 7.39. The van der Waals surface area contributed by atoms with Gasteiger partial charge in [0, 0.05) is 23.2 Å². The van der Waals surface area contributed by atoms with Crippen LogP contribution in [0.4, 0.5) is 5.69 Å². The van der Waals surface area contributed by atoms with Gasteiger partial charge in [0.15, 0.2) is 0 Å². The largest absolute Gasteiger partial charge is 0.349 e. The van der Waals surface area contributed by atoms with Crippen LogP contribution >= 0.6 is 0 Å². The Balaban J connectivity index is 1.57. The smallest absolute Gasteiger partial charge is 0.248 e. The Kier molecular flexibility index (Phi) is 6.51. The maximum atomic E-state index is 14.0. The fourth-order valence-corrected chi connectivity index (χ4v) is 5.74. The number of rotatable bonds is 4. The fraction of sp³-hybridized carbons (Fsp3) is 0.200. The van der Waals surface area contributed by atoms with Crippen LogP contribution in [0.5, 0.6) is 0 Å². The number of fused-ring (bicyclic) bond motifs is 4. The van der Waals surface area contributed by atoms with E-state index in [1.165, 1.54) is 10.8 Å². The van der Waals surface area contributed by atoms with Gasteiger partial charge < -0.3 is 9.88 Å². The number of aromatic nitrogens is 1. The molecule has 1 atom stereocenters. The van der Waals surface area contributed by atoms with E-state index in [0.29, 0.717) is 18.5 Å². The van der Waals surface area contributed by atoms with Crippen molar-refractivity contribution in [1.29, 1.82) is 0 Å². The third-order valence-corrected chi connectivity index (χ3v) is 7.39. The van der Waals surface area contributed by atoms with Gasteiger partial charge in [0.2, 0.25) is 11.8 Å². The topological polar surface area (TPSA) is 54.3 Å². The molecule has 0 saturated heterocycles. The molecule has 200 valence electrons. The Morgan fingerprint density at radius 1 is 0.750 bits per heavy atom. The van der Waals surface area contributed by atoms with Crippen molar-refractivity contribution in [3.8, 4) is 16.9 Å². The monoisotopic (exact) mass is 527 g/mol. The van der Waals surface area contributed by atoms with Crippen molar-refractivity contribution in [2.24, 2.45) is 0 Å². The number of carbonyl (C=O) groups is 2. The lowest BCUT2D eigenvalue weighted by Gasteiger charge is -2.36. The van der Waals surface area contributed by atoms with E-state index < -0.39 is 11.6 Å². The number of anilines is 1. The molecule has 1 aliphatic rings. The molecule has 5 nitrogen and oxygen atoms in total. The van der Waals surface area contributed by atoms with Gasteiger partial charge in [-0.2, -0.15) is 0 Å². The minimum atomic E-state index is -0.813. The number of amides is 2. The van der Waals surface area contributed by atoms with Gasteiger partial charge in [-0.15, -0.1) is 0 Å². The normalized spacial score (nSPS) is 14.2. The zero-order valence-corrected chi connectivity index (χ0v) is 23.1. The molecule has 0 saturated carbocycles. The van der Waals surface area contributed by atoms with Crippen LogP contribution in [-0.2, 0) is 16.0 Å². The number of nitrogens with zero attached hydrogens (tertiary/aromatic N) is 2. The van der Waals surface area contributed by atoms with Gasteiger partial charge in [-0.3, -0.25) is 14.5 Å².